The minimum atomic E-state index is -0.0520. The molecule has 0 rings (SSSR count). The lowest BCUT2D eigenvalue weighted by atomic mass is 10.2. The fourth-order valence-corrected chi connectivity index (χ4v) is 1.79. The highest BCUT2D eigenvalue weighted by molar-refractivity contribution is 5.78. The molecule has 2 N–H and O–H groups in total. The maximum atomic E-state index is 10.9. The summed E-state index contributed by atoms with van der Waals surface area (Å²) in [6.07, 6.45) is 6.16. The molecule has 0 aliphatic rings. The van der Waals surface area contributed by atoms with Gasteiger partial charge in [-0.05, 0) is 45.4 Å². The molecular formula is C14H30N3O. The van der Waals surface area contributed by atoms with Gasteiger partial charge in [-0.3, -0.25) is 4.79 Å². The predicted octanol–water partition coefficient (Wildman–Crippen LogP) is 1.78. The molecule has 0 fully saturated rings. The maximum absolute atomic E-state index is 10.9. The smallest absolute Gasteiger partial charge is 0.234 e. The molecule has 0 bridgehead atoms. The third kappa shape index (κ3) is 10.5. The van der Waals surface area contributed by atoms with Gasteiger partial charge in [0.05, 0.1) is 6.54 Å². The van der Waals surface area contributed by atoms with E-state index in [1.54, 1.807) is 0 Å². The Balaban J connectivity index is 3.57. The average Bonchev–Trinajstić information content (AvgIpc) is 2.40. The first-order valence-corrected chi connectivity index (χ1v) is 7.23. The lowest BCUT2D eigenvalue weighted by molar-refractivity contribution is -0.119. The number of rotatable bonds is 12. The molecule has 1 radical (unpaired) electrons. The third-order valence-electron chi connectivity index (χ3n) is 2.97. The second-order valence-corrected chi connectivity index (χ2v) is 4.68. The Morgan fingerprint density at radius 1 is 1.06 bits per heavy atom. The fourth-order valence-electron chi connectivity index (χ4n) is 1.79. The van der Waals surface area contributed by atoms with Gasteiger partial charge in [0.2, 0.25) is 5.91 Å². The number of hydrogen-bond acceptors (Lipinski definition) is 3. The van der Waals surface area contributed by atoms with E-state index in [1.165, 1.54) is 38.8 Å². The van der Waals surface area contributed by atoms with E-state index >= 15 is 0 Å². The molecule has 0 aromatic rings. The van der Waals surface area contributed by atoms with Crippen LogP contribution in [0.5, 0.6) is 0 Å². The largest absolute Gasteiger partial charge is 0.353 e. The van der Waals surface area contributed by atoms with Crippen molar-refractivity contribution in [3.05, 3.63) is 7.05 Å². The van der Waals surface area contributed by atoms with E-state index in [9.17, 15) is 4.79 Å². The van der Waals surface area contributed by atoms with Gasteiger partial charge in [-0.25, -0.2) is 0 Å². The van der Waals surface area contributed by atoms with Crippen molar-refractivity contribution < 1.29 is 4.79 Å². The summed E-state index contributed by atoms with van der Waals surface area (Å²) in [4.78, 5) is 13.5. The summed E-state index contributed by atoms with van der Waals surface area (Å²) < 4.78 is 0. The summed E-state index contributed by atoms with van der Waals surface area (Å²) in [5, 5.41) is 5.48. The van der Waals surface area contributed by atoms with Gasteiger partial charge in [0, 0.05) is 7.05 Å². The molecule has 18 heavy (non-hydrogen) atoms. The van der Waals surface area contributed by atoms with Crippen molar-refractivity contribution in [1.29, 1.82) is 0 Å². The van der Waals surface area contributed by atoms with E-state index in [-0.39, 0.29) is 5.91 Å². The zero-order chi connectivity index (χ0) is 13.6. The second-order valence-electron chi connectivity index (χ2n) is 4.68. The average molecular weight is 256 g/mol. The Kier molecular flexibility index (Phi) is 12.4. The molecule has 1 amide bonds. The van der Waals surface area contributed by atoms with Gasteiger partial charge in [-0.2, -0.15) is 0 Å². The second kappa shape index (κ2) is 12.8. The van der Waals surface area contributed by atoms with E-state index in [1.807, 2.05) is 0 Å². The standard InChI is InChI=1S/C14H30N3O/c1-4-6-10-17(11-7-5-2)12-8-9-16-13-14(18)15-3/h16H,3-13H2,1-2H3,(H,15,18). The van der Waals surface area contributed by atoms with E-state index in [4.69, 9.17) is 0 Å². The Bertz CT molecular complexity index is 189. The van der Waals surface area contributed by atoms with Gasteiger partial charge in [-0.15, -0.1) is 0 Å². The van der Waals surface area contributed by atoms with Crippen LogP contribution in [0.25, 0.3) is 0 Å². The molecular weight excluding hydrogens is 226 g/mol. The molecule has 0 aromatic heterocycles. The summed E-state index contributed by atoms with van der Waals surface area (Å²) in [5.41, 5.74) is 0. The first-order chi connectivity index (χ1) is 8.74. The van der Waals surface area contributed by atoms with E-state index in [0.29, 0.717) is 6.54 Å². The van der Waals surface area contributed by atoms with Crippen molar-refractivity contribution in [1.82, 2.24) is 15.5 Å². The predicted molar refractivity (Wildman–Crippen MR) is 77.2 cm³/mol. The Hall–Kier alpha value is -0.610. The molecule has 0 aromatic carbocycles. The Morgan fingerprint density at radius 3 is 2.11 bits per heavy atom. The van der Waals surface area contributed by atoms with Crippen molar-refractivity contribution in [3.8, 4) is 0 Å². The van der Waals surface area contributed by atoms with Crippen LogP contribution in [0.3, 0.4) is 0 Å². The normalized spacial score (nSPS) is 10.9. The molecule has 0 heterocycles. The number of nitrogens with zero attached hydrogens (tertiary/aromatic N) is 1. The zero-order valence-corrected chi connectivity index (χ0v) is 12.1. The van der Waals surface area contributed by atoms with Crippen LogP contribution < -0.4 is 10.6 Å². The molecule has 0 atom stereocenters. The maximum Gasteiger partial charge on any atom is 0.234 e. The molecule has 4 nitrogen and oxygen atoms in total. The number of hydrogen-bond donors (Lipinski definition) is 2. The highest BCUT2D eigenvalue weighted by Gasteiger charge is 2.03. The summed E-state index contributed by atoms with van der Waals surface area (Å²) in [6.45, 7) is 9.26. The van der Waals surface area contributed by atoms with Crippen LogP contribution >= 0.6 is 0 Å². The van der Waals surface area contributed by atoms with E-state index in [0.717, 1.165) is 19.5 Å². The topological polar surface area (TPSA) is 44.4 Å². The van der Waals surface area contributed by atoms with E-state index < -0.39 is 0 Å². The molecule has 0 aliphatic carbocycles. The van der Waals surface area contributed by atoms with Crippen LogP contribution in [-0.2, 0) is 4.79 Å². The molecule has 0 saturated carbocycles. The van der Waals surface area contributed by atoms with Crippen molar-refractivity contribution in [3.63, 3.8) is 0 Å². The van der Waals surface area contributed by atoms with Crippen LogP contribution in [0.1, 0.15) is 46.0 Å². The quantitative estimate of drug-likeness (QED) is 0.523. The van der Waals surface area contributed by atoms with Crippen LogP contribution in [0.4, 0.5) is 0 Å². The highest BCUT2D eigenvalue weighted by atomic mass is 16.1. The van der Waals surface area contributed by atoms with Gasteiger partial charge >= 0.3 is 0 Å². The molecule has 0 unspecified atom stereocenters. The minimum absolute atomic E-state index is 0.0520. The van der Waals surface area contributed by atoms with Crippen molar-refractivity contribution in [2.75, 3.05) is 32.7 Å². The first kappa shape index (κ1) is 17.4. The van der Waals surface area contributed by atoms with Crippen LogP contribution in [0, 0.1) is 7.05 Å². The summed E-state index contributed by atoms with van der Waals surface area (Å²) in [7, 11) is 3.33. The van der Waals surface area contributed by atoms with Crippen molar-refractivity contribution in [2.45, 2.75) is 46.0 Å². The van der Waals surface area contributed by atoms with Gasteiger partial charge in [0.15, 0.2) is 0 Å². The SMILES string of the molecule is [CH2]NC(=O)CNCCCN(CCCC)CCCC. The summed E-state index contributed by atoms with van der Waals surface area (Å²) in [5.74, 6) is -0.0520. The number of amides is 1. The lowest BCUT2D eigenvalue weighted by Crippen LogP contribution is -2.33. The number of carbonyl (C=O) groups excluding carboxylic acids is 1. The first-order valence-electron chi connectivity index (χ1n) is 7.23. The van der Waals surface area contributed by atoms with Gasteiger partial charge in [0.1, 0.15) is 0 Å². The fraction of sp³-hybridized carbons (Fsp3) is 0.857. The zero-order valence-electron chi connectivity index (χ0n) is 12.1. The monoisotopic (exact) mass is 256 g/mol. The van der Waals surface area contributed by atoms with E-state index in [2.05, 4.69) is 36.4 Å². The lowest BCUT2D eigenvalue weighted by Gasteiger charge is -2.21. The van der Waals surface area contributed by atoms with Gasteiger partial charge in [-0.1, -0.05) is 26.7 Å². The number of carbonyl (C=O) groups is 1. The van der Waals surface area contributed by atoms with Crippen LogP contribution in [0.15, 0.2) is 0 Å². The third-order valence-corrected chi connectivity index (χ3v) is 2.97. The molecule has 0 spiro atoms. The van der Waals surface area contributed by atoms with Crippen molar-refractivity contribution in [2.24, 2.45) is 0 Å². The summed E-state index contributed by atoms with van der Waals surface area (Å²) in [6, 6.07) is 0. The Labute approximate surface area is 113 Å². The minimum Gasteiger partial charge on any atom is -0.353 e. The molecule has 0 aliphatic heterocycles. The van der Waals surface area contributed by atoms with Gasteiger partial charge < -0.3 is 15.5 Å². The van der Waals surface area contributed by atoms with Crippen LogP contribution in [-0.4, -0.2) is 43.5 Å². The number of nitrogens with one attached hydrogen (secondary N) is 2. The molecule has 4 heteroatoms. The molecule has 0 saturated heterocycles. The highest BCUT2D eigenvalue weighted by Crippen LogP contribution is 2.00. The van der Waals surface area contributed by atoms with Gasteiger partial charge in [0.25, 0.3) is 0 Å². The van der Waals surface area contributed by atoms with Crippen LogP contribution in [0.2, 0.25) is 0 Å². The molecule has 107 valence electrons. The summed E-state index contributed by atoms with van der Waals surface area (Å²) >= 11 is 0. The number of unbranched alkanes of at least 4 members (excludes halogenated alkanes) is 2. The van der Waals surface area contributed by atoms with Crippen molar-refractivity contribution >= 4 is 5.91 Å². The Morgan fingerprint density at radius 2 is 1.61 bits per heavy atom.